The van der Waals surface area contributed by atoms with Crippen LogP contribution in [-0.4, -0.2) is 18.0 Å². The summed E-state index contributed by atoms with van der Waals surface area (Å²) >= 11 is 0. The quantitative estimate of drug-likeness (QED) is 0.481. The molecule has 0 unspecified atom stereocenters. The van der Waals surface area contributed by atoms with E-state index in [-0.39, 0.29) is 0 Å². The molecule has 0 aromatic rings. The minimum absolute atomic E-state index is 2.70. The smallest absolute Gasteiger partial charge is 0.301 e. The fourth-order valence-electron chi connectivity index (χ4n) is 0.815. The molecule has 0 bridgehead atoms. The van der Waals surface area contributed by atoms with Crippen LogP contribution in [0, 0.1) is 0 Å². The lowest BCUT2D eigenvalue weighted by Gasteiger charge is -2.28. The van der Waals surface area contributed by atoms with Gasteiger partial charge in [0.2, 0.25) is 5.83 Å². The third-order valence-electron chi connectivity index (χ3n) is 1.52. The van der Waals surface area contributed by atoms with Gasteiger partial charge in [-0.1, -0.05) is 0 Å². The van der Waals surface area contributed by atoms with E-state index in [1.807, 2.05) is 0 Å². The molecule has 1 aliphatic rings. The lowest BCUT2D eigenvalue weighted by atomic mass is 10.0. The minimum atomic E-state index is -6.23. The third-order valence-corrected chi connectivity index (χ3v) is 1.52. The molecule has 0 spiro atoms. The van der Waals surface area contributed by atoms with E-state index in [4.69, 9.17) is 0 Å². The molecule has 0 fully saturated rings. The van der Waals surface area contributed by atoms with Crippen LogP contribution in [0.2, 0.25) is 0 Å². The van der Waals surface area contributed by atoms with Crippen LogP contribution in [0.25, 0.3) is 0 Å². The summed E-state index contributed by atoms with van der Waals surface area (Å²) in [6, 6.07) is -2.70. The number of rotatable bonds is 0. The summed E-state index contributed by atoms with van der Waals surface area (Å²) in [5, 5.41) is 0. The maximum absolute atomic E-state index is 12.4. The Morgan fingerprint density at radius 2 is 1.27 bits per heavy atom. The van der Waals surface area contributed by atoms with Crippen molar-refractivity contribution < 1.29 is 44.9 Å². The zero-order chi connectivity index (χ0) is 12.1. The molecule has 1 heterocycles. The largest absolute Gasteiger partial charge is 0.437 e. The van der Waals surface area contributed by atoms with Gasteiger partial charge in [0.25, 0.3) is 0 Å². The second-order valence-electron chi connectivity index (χ2n) is 2.43. The fraction of sp³-hybridized carbons (Fsp3) is 0.600. The van der Waals surface area contributed by atoms with E-state index in [1.165, 1.54) is 0 Å². The molecule has 0 aromatic carbocycles. The molecule has 0 N–H and O–H groups in total. The van der Waals surface area contributed by atoms with Gasteiger partial charge < -0.3 is 4.89 Å². The van der Waals surface area contributed by atoms with E-state index in [0.29, 0.717) is 0 Å². The summed E-state index contributed by atoms with van der Waals surface area (Å²) in [5.41, 5.74) is -5.38. The molecule has 0 radical (unpaired) electrons. The topological polar surface area (TPSA) is 18.5 Å². The van der Waals surface area contributed by atoms with E-state index in [1.54, 1.807) is 0 Å². The number of halogens is 8. The molecule has 0 amide bonds. The van der Waals surface area contributed by atoms with Crippen molar-refractivity contribution in [3.05, 3.63) is 11.8 Å². The first-order chi connectivity index (χ1) is 6.54. The first-order valence-electron chi connectivity index (χ1n) is 3.09. The van der Waals surface area contributed by atoms with Crippen LogP contribution < -0.4 is 0 Å². The predicted octanol–water partition coefficient (Wildman–Crippen LogP) is 2.92. The highest BCUT2D eigenvalue weighted by Crippen LogP contribution is 2.54. The van der Waals surface area contributed by atoms with Gasteiger partial charge in [-0.2, -0.15) is 35.6 Å². The normalized spacial score (nSPS) is 21.9. The van der Waals surface area contributed by atoms with E-state index < -0.39 is 29.8 Å². The van der Waals surface area contributed by atoms with Crippen LogP contribution in [0.1, 0.15) is 0 Å². The summed E-state index contributed by atoms with van der Waals surface area (Å²) < 4.78 is 96.3. The Morgan fingerprint density at radius 3 is 1.40 bits per heavy atom. The monoisotopic (exact) mass is 244 g/mol. The number of alkyl halides is 6. The Hall–Kier alpha value is -1.06. The zero-order valence-corrected chi connectivity index (χ0v) is 6.34. The van der Waals surface area contributed by atoms with Gasteiger partial charge in [0.1, 0.15) is 0 Å². The van der Waals surface area contributed by atoms with Gasteiger partial charge in [-0.15, -0.1) is 0 Å². The molecule has 0 atom stereocenters. The van der Waals surface area contributed by atoms with Gasteiger partial charge in [0.05, 0.1) is 0 Å². The van der Waals surface area contributed by atoms with E-state index in [9.17, 15) is 35.1 Å². The molecule has 1 aliphatic heterocycles. The van der Waals surface area contributed by atoms with Crippen molar-refractivity contribution in [3.8, 4) is 0 Å². The molecule has 0 aliphatic carbocycles. The van der Waals surface area contributed by atoms with Gasteiger partial charge in [-0.05, 0) is 0 Å². The van der Waals surface area contributed by atoms with Crippen LogP contribution in [0.15, 0.2) is 11.8 Å². The molecule has 88 valence electrons. The molecule has 15 heavy (non-hydrogen) atoms. The van der Waals surface area contributed by atoms with Crippen molar-refractivity contribution in [1.29, 1.82) is 0 Å². The maximum atomic E-state index is 12.4. The Labute approximate surface area is 76.0 Å². The molecule has 10 heteroatoms. The number of hydrogen-bond acceptors (Lipinski definition) is 2. The van der Waals surface area contributed by atoms with Crippen LogP contribution in [0.4, 0.5) is 35.1 Å². The fourth-order valence-corrected chi connectivity index (χ4v) is 0.815. The highest BCUT2D eigenvalue weighted by atomic mass is 19.4. The molecule has 0 aromatic heterocycles. The van der Waals surface area contributed by atoms with Crippen molar-refractivity contribution in [2.75, 3.05) is 0 Å². The van der Waals surface area contributed by atoms with Gasteiger partial charge in [0, 0.05) is 0 Å². The highest BCUT2D eigenvalue weighted by molar-refractivity contribution is 5.21. The first-order valence-corrected chi connectivity index (χ1v) is 3.09. The molecular weight excluding hydrogens is 244 g/mol. The van der Waals surface area contributed by atoms with Gasteiger partial charge in [-0.25, -0.2) is 4.39 Å². The van der Waals surface area contributed by atoms with Crippen molar-refractivity contribution in [2.24, 2.45) is 0 Å². The molecule has 0 saturated carbocycles. The second-order valence-corrected chi connectivity index (χ2v) is 2.43. The van der Waals surface area contributed by atoms with Gasteiger partial charge in [-0.3, -0.25) is 0 Å². The lowest BCUT2D eigenvalue weighted by molar-refractivity contribution is -0.445. The van der Waals surface area contributed by atoms with Crippen LogP contribution in [0.3, 0.4) is 0 Å². The summed E-state index contributed by atoms with van der Waals surface area (Å²) in [6.07, 6.45) is -12.5. The van der Waals surface area contributed by atoms with Crippen molar-refractivity contribution in [3.63, 3.8) is 0 Å². The Morgan fingerprint density at radius 1 is 0.867 bits per heavy atom. The second kappa shape index (κ2) is 2.97. The first kappa shape index (κ1) is 12.0. The maximum Gasteiger partial charge on any atom is 0.437 e. The van der Waals surface area contributed by atoms with E-state index >= 15 is 0 Å². The lowest BCUT2D eigenvalue weighted by Crippen LogP contribution is -2.57. The van der Waals surface area contributed by atoms with Gasteiger partial charge in [0.15, 0.2) is 0 Å². The average Bonchev–Trinajstić information content (AvgIpc) is 2.26. The predicted molar refractivity (Wildman–Crippen MR) is 26.3 cm³/mol. The highest BCUT2D eigenvalue weighted by Gasteiger charge is 2.80. The van der Waals surface area contributed by atoms with Crippen LogP contribution in [-0.2, 0) is 9.78 Å². The average molecular weight is 244 g/mol. The van der Waals surface area contributed by atoms with Crippen molar-refractivity contribution >= 4 is 0 Å². The van der Waals surface area contributed by atoms with Crippen molar-refractivity contribution in [2.45, 2.75) is 18.0 Å². The Balaban J connectivity index is 3.36. The van der Waals surface area contributed by atoms with E-state index in [0.717, 1.165) is 0 Å². The SMILES string of the molecule is FC1=C(F)C(C(F)(F)F)(C(F)(F)F)OO1. The Kier molecular flexibility index (Phi) is 2.38. The molecule has 0 saturated heterocycles. The summed E-state index contributed by atoms with van der Waals surface area (Å²) in [4.78, 5) is 5.55. The standard InChI is InChI=1S/C5F8O2/c6-1-2(7)14-15-3(1,4(8,9)10)5(11,12)13. The summed E-state index contributed by atoms with van der Waals surface area (Å²) in [5.74, 6) is -3.21. The van der Waals surface area contributed by atoms with Crippen molar-refractivity contribution in [1.82, 2.24) is 0 Å². The van der Waals surface area contributed by atoms with Gasteiger partial charge >= 0.3 is 24.0 Å². The van der Waals surface area contributed by atoms with Crippen LogP contribution >= 0.6 is 0 Å². The summed E-state index contributed by atoms with van der Waals surface area (Å²) in [7, 11) is 0. The molecule has 2 nitrogen and oxygen atoms in total. The summed E-state index contributed by atoms with van der Waals surface area (Å²) in [6.45, 7) is 0. The Bertz CT molecular complexity index is 285. The van der Waals surface area contributed by atoms with Crippen LogP contribution in [0.5, 0.6) is 0 Å². The van der Waals surface area contributed by atoms with E-state index in [2.05, 4.69) is 9.78 Å². The molecular formula is C5F8O2. The zero-order valence-electron chi connectivity index (χ0n) is 6.34. The number of hydrogen-bond donors (Lipinski definition) is 0. The molecule has 1 rings (SSSR count). The third kappa shape index (κ3) is 1.43. The minimum Gasteiger partial charge on any atom is -0.301 e.